The number of methoxy groups -OCH3 is 1. The lowest BCUT2D eigenvalue weighted by Gasteiger charge is -2.20. The molecule has 0 fully saturated rings. The molecular weight excluding hydrogens is 405 g/mol. The lowest BCUT2D eigenvalue weighted by Crippen LogP contribution is -2.21. The van der Waals surface area contributed by atoms with Crippen LogP contribution in [-0.2, 0) is 28.3 Å². The zero-order valence-electron chi connectivity index (χ0n) is 9.82. The molecule has 0 bridgehead atoms. The number of alkyl halides is 6. The van der Waals surface area contributed by atoms with E-state index in [1.165, 1.54) is 22.6 Å². The highest BCUT2D eigenvalue weighted by molar-refractivity contribution is 14.1. The average Bonchev–Trinajstić information content (AvgIpc) is 2.28. The van der Waals surface area contributed by atoms with E-state index in [9.17, 15) is 31.1 Å². The van der Waals surface area contributed by atoms with Gasteiger partial charge in [0.2, 0.25) is 0 Å². The molecular formula is C11H7F6IO2. The Labute approximate surface area is 123 Å². The zero-order valence-corrected chi connectivity index (χ0v) is 12.0. The molecule has 2 nitrogen and oxygen atoms in total. The van der Waals surface area contributed by atoms with Gasteiger partial charge in [-0.15, -0.1) is 0 Å². The van der Waals surface area contributed by atoms with E-state index in [2.05, 4.69) is 4.74 Å². The van der Waals surface area contributed by atoms with Crippen molar-refractivity contribution in [2.45, 2.75) is 18.8 Å². The van der Waals surface area contributed by atoms with Crippen LogP contribution >= 0.6 is 22.6 Å². The Balaban J connectivity index is 3.60. The Morgan fingerprint density at radius 2 is 1.70 bits per heavy atom. The molecule has 0 amide bonds. The minimum Gasteiger partial charge on any atom is -0.469 e. The van der Waals surface area contributed by atoms with Gasteiger partial charge in [0.1, 0.15) is 0 Å². The first-order valence-electron chi connectivity index (χ1n) is 5.01. The number of carbonyl (C=O) groups excluding carboxylic acids is 1. The van der Waals surface area contributed by atoms with Gasteiger partial charge in [-0.2, -0.15) is 26.3 Å². The largest absolute Gasteiger partial charge is 0.469 e. The van der Waals surface area contributed by atoms with Gasteiger partial charge in [0.15, 0.2) is 0 Å². The lowest BCUT2D eigenvalue weighted by atomic mass is 9.98. The normalized spacial score (nSPS) is 12.4. The molecule has 0 atom stereocenters. The monoisotopic (exact) mass is 412 g/mol. The molecule has 1 aromatic carbocycles. The highest BCUT2D eigenvalue weighted by Gasteiger charge is 2.45. The molecule has 20 heavy (non-hydrogen) atoms. The maximum absolute atomic E-state index is 12.9. The van der Waals surface area contributed by atoms with Crippen LogP contribution in [0.2, 0.25) is 0 Å². The van der Waals surface area contributed by atoms with Crippen molar-refractivity contribution in [3.05, 3.63) is 32.4 Å². The van der Waals surface area contributed by atoms with Crippen molar-refractivity contribution >= 4 is 28.6 Å². The van der Waals surface area contributed by atoms with E-state index in [4.69, 9.17) is 0 Å². The summed E-state index contributed by atoms with van der Waals surface area (Å²) >= 11 is 1.45. The molecule has 1 aromatic rings. The van der Waals surface area contributed by atoms with Crippen LogP contribution in [0.4, 0.5) is 26.3 Å². The van der Waals surface area contributed by atoms with Crippen molar-refractivity contribution in [2.24, 2.45) is 0 Å². The molecule has 0 aliphatic rings. The van der Waals surface area contributed by atoms with E-state index in [0.717, 1.165) is 13.2 Å². The predicted octanol–water partition coefficient (Wildman–Crippen LogP) is 4.04. The molecule has 0 spiro atoms. The van der Waals surface area contributed by atoms with E-state index in [-0.39, 0.29) is 3.57 Å². The number of ether oxygens (including phenoxy) is 1. The predicted molar refractivity (Wildman–Crippen MR) is 64.9 cm³/mol. The molecule has 9 heteroatoms. The Morgan fingerprint density at radius 3 is 2.10 bits per heavy atom. The third-order valence-corrected chi connectivity index (χ3v) is 3.40. The van der Waals surface area contributed by atoms with Crippen molar-refractivity contribution in [2.75, 3.05) is 7.11 Å². The van der Waals surface area contributed by atoms with Crippen molar-refractivity contribution < 1.29 is 35.9 Å². The molecule has 0 saturated carbocycles. The summed E-state index contributed by atoms with van der Waals surface area (Å²) in [5.74, 6) is -1.05. The Morgan fingerprint density at radius 1 is 1.15 bits per heavy atom. The van der Waals surface area contributed by atoms with Crippen LogP contribution in [0.1, 0.15) is 16.7 Å². The van der Waals surface area contributed by atoms with Crippen molar-refractivity contribution in [1.29, 1.82) is 0 Å². The quantitative estimate of drug-likeness (QED) is 0.417. The fourth-order valence-electron chi connectivity index (χ4n) is 1.57. The van der Waals surface area contributed by atoms with Gasteiger partial charge in [0.25, 0.3) is 0 Å². The van der Waals surface area contributed by atoms with E-state index in [1.807, 2.05) is 0 Å². The summed E-state index contributed by atoms with van der Waals surface area (Å²) in [5, 5.41) is 0. The Kier molecular flexibility index (Phi) is 4.93. The molecule has 0 unspecified atom stereocenters. The third kappa shape index (κ3) is 3.76. The fourth-order valence-corrected chi connectivity index (χ4v) is 2.21. The molecule has 0 radical (unpaired) electrons. The van der Waals surface area contributed by atoms with Gasteiger partial charge in [-0.1, -0.05) is 0 Å². The highest BCUT2D eigenvalue weighted by Crippen LogP contribution is 2.43. The maximum Gasteiger partial charge on any atom is 0.417 e. The molecule has 0 aromatic heterocycles. The molecule has 1 rings (SSSR count). The average molecular weight is 412 g/mol. The van der Waals surface area contributed by atoms with Crippen molar-refractivity contribution in [3.8, 4) is 0 Å². The number of benzene rings is 1. The SMILES string of the molecule is COC(=O)Cc1c(I)ccc(C(F)(F)F)c1C(F)(F)F. The Bertz CT molecular complexity index is 521. The lowest BCUT2D eigenvalue weighted by molar-refractivity contribution is -0.162. The number of hydrogen-bond donors (Lipinski definition) is 0. The van der Waals surface area contributed by atoms with Gasteiger partial charge in [-0.25, -0.2) is 0 Å². The van der Waals surface area contributed by atoms with E-state index >= 15 is 0 Å². The minimum atomic E-state index is -5.23. The summed E-state index contributed by atoms with van der Waals surface area (Å²) in [6, 6.07) is 1.24. The van der Waals surface area contributed by atoms with Gasteiger partial charge in [0.05, 0.1) is 24.7 Å². The number of carbonyl (C=O) groups is 1. The first-order valence-corrected chi connectivity index (χ1v) is 6.09. The van der Waals surface area contributed by atoms with Crippen molar-refractivity contribution in [1.82, 2.24) is 0 Å². The summed E-state index contributed by atoms with van der Waals surface area (Å²) in [5.41, 5.74) is -4.40. The number of hydrogen-bond acceptors (Lipinski definition) is 2. The minimum absolute atomic E-state index is 0.0895. The fraction of sp³-hybridized carbons (Fsp3) is 0.364. The van der Waals surface area contributed by atoms with Crippen molar-refractivity contribution in [3.63, 3.8) is 0 Å². The summed E-state index contributed by atoms with van der Waals surface area (Å²) in [4.78, 5) is 11.1. The summed E-state index contributed by atoms with van der Waals surface area (Å²) < 4.78 is 80.9. The second-order valence-corrected chi connectivity index (χ2v) is 4.86. The van der Waals surface area contributed by atoms with Crippen LogP contribution in [0.3, 0.4) is 0 Å². The molecule has 0 N–H and O–H groups in total. The Hall–Kier alpha value is -1.00. The van der Waals surface area contributed by atoms with E-state index < -0.39 is 41.4 Å². The van der Waals surface area contributed by atoms with Crippen LogP contribution in [0, 0.1) is 3.57 Å². The number of halogens is 7. The maximum atomic E-state index is 12.9. The highest BCUT2D eigenvalue weighted by atomic mass is 127. The van der Waals surface area contributed by atoms with E-state index in [1.54, 1.807) is 0 Å². The summed E-state index contributed by atoms with van der Waals surface area (Å²) in [6.45, 7) is 0. The molecule has 0 aliphatic carbocycles. The smallest absolute Gasteiger partial charge is 0.417 e. The van der Waals surface area contributed by atoms with Gasteiger partial charge in [-0.3, -0.25) is 4.79 Å². The van der Waals surface area contributed by atoms with Crippen LogP contribution in [0.25, 0.3) is 0 Å². The topological polar surface area (TPSA) is 26.3 Å². The molecule has 0 aliphatic heterocycles. The summed E-state index contributed by atoms with van der Waals surface area (Å²) in [6.07, 6.45) is -11.3. The number of esters is 1. The molecule has 112 valence electrons. The van der Waals surface area contributed by atoms with Gasteiger partial charge in [-0.05, 0) is 40.3 Å². The van der Waals surface area contributed by atoms with Gasteiger partial charge < -0.3 is 4.74 Å². The molecule has 0 saturated heterocycles. The van der Waals surface area contributed by atoms with Crippen LogP contribution in [-0.4, -0.2) is 13.1 Å². The standard InChI is InChI=1S/C11H7F6IO2/c1-20-8(19)4-5-7(18)3-2-6(10(12,13)14)9(5)11(15,16)17/h2-3H,4H2,1H3. The first kappa shape index (κ1) is 17.1. The molecule has 0 heterocycles. The van der Waals surface area contributed by atoms with Crippen LogP contribution in [0.15, 0.2) is 12.1 Å². The zero-order chi connectivity index (χ0) is 15.7. The van der Waals surface area contributed by atoms with Gasteiger partial charge in [0, 0.05) is 3.57 Å². The summed E-state index contributed by atoms with van der Waals surface area (Å²) in [7, 11) is 0.941. The number of rotatable bonds is 2. The second-order valence-electron chi connectivity index (χ2n) is 3.70. The second kappa shape index (κ2) is 5.78. The van der Waals surface area contributed by atoms with E-state index in [0.29, 0.717) is 6.07 Å². The third-order valence-electron chi connectivity index (χ3n) is 2.39. The van der Waals surface area contributed by atoms with Gasteiger partial charge >= 0.3 is 18.3 Å². The van der Waals surface area contributed by atoms with Crippen LogP contribution in [0.5, 0.6) is 0 Å². The van der Waals surface area contributed by atoms with Crippen LogP contribution < -0.4 is 0 Å². The first-order chi connectivity index (χ1) is 8.98.